The van der Waals surface area contributed by atoms with Crippen LogP contribution in [0.2, 0.25) is 5.02 Å². The number of piperazine rings is 1. The van der Waals surface area contributed by atoms with Gasteiger partial charge in [-0.2, -0.15) is 0 Å². The molecule has 152 valence electrons. The fourth-order valence-electron chi connectivity index (χ4n) is 4.21. The van der Waals surface area contributed by atoms with Crippen LogP contribution in [0.15, 0.2) is 42.7 Å². The Balaban J connectivity index is 1.75. The van der Waals surface area contributed by atoms with E-state index in [-0.39, 0.29) is 16.2 Å². The number of aryl methyl sites for hydroxylation is 1. The highest BCUT2D eigenvalue weighted by Crippen LogP contribution is 2.38. The first-order valence-electron chi connectivity index (χ1n) is 9.83. The van der Waals surface area contributed by atoms with Crippen molar-refractivity contribution in [2.45, 2.75) is 6.92 Å². The zero-order valence-electron chi connectivity index (χ0n) is 16.3. The van der Waals surface area contributed by atoms with E-state index < -0.39 is 11.6 Å². The molecule has 4 aromatic rings. The minimum atomic E-state index is -0.549. The molecule has 7 heteroatoms. The highest BCUT2D eigenvalue weighted by molar-refractivity contribution is 6.36. The van der Waals surface area contributed by atoms with Crippen molar-refractivity contribution in [3.63, 3.8) is 0 Å². The van der Waals surface area contributed by atoms with Crippen molar-refractivity contribution in [3.8, 4) is 11.3 Å². The van der Waals surface area contributed by atoms with E-state index in [1.54, 1.807) is 30.6 Å². The van der Waals surface area contributed by atoms with Gasteiger partial charge >= 0.3 is 0 Å². The van der Waals surface area contributed by atoms with Crippen molar-refractivity contribution in [2.24, 2.45) is 0 Å². The van der Waals surface area contributed by atoms with Crippen LogP contribution in [0, 0.1) is 18.6 Å². The normalized spacial score (nSPS) is 14.6. The van der Waals surface area contributed by atoms with Gasteiger partial charge in [-0.15, -0.1) is 0 Å². The molecule has 2 aromatic carbocycles. The van der Waals surface area contributed by atoms with Crippen LogP contribution in [0.5, 0.6) is 0 Å². The zero-order chi connectivity index (χ0) is 20.8. The Bertz CT molecular complexity index is 1290. The van der Waals surface area contributed by atoms with Gasteiger partial charge < -0.3 is 10.2 Å². The van der Waals surface area contributed by atoms with Crippen molar-refractivity contribution in [3.05, 3.63) is 64.9 Å². The van der Waals surface area contributed by atoms with Gasteiger partial charge in [-0.1, -0.05) is 35.9 Å². The molecule has 30 heavy (non-hydrogen) atoms. The molecule has 0 unspecified atom stereocenters. The molecule has 1 fully saturated rings. The van der Waals surface area contributed by atoms with Crippen LogP contribution in [-0.2, 0) is 0 Å². The van der Waals surface area contributed by atoms with Gasteiger partial charge in [0.05, 0.1) is 10.7 Å². The Morgan fingerprint density at radius 1 is 1.03 bits per heavy atom. The van der Waals surface area contributed by atoms with E-state index in [9.17, 15) is 4.39 Å². The Labute approximate surface area is 177 Å². The molecule has 4 nitrogen and oxygen atoms in total. The standard InChI is InChI=1S/C23H19ClF2N4/c1-13-11-28-22-16(23(13)30-9-7-27-8-10-30)12-29-21(20(22)26)15-4-2-3-14-5-6-17(25)19(24)18(14)15/h2-6,11-12,27H,7-10H2,1H3. The molecule has 1 aliphatic rings. The molecule has 2 aromatic heterocycles. The van der Waals surface area contributed by atoms with Crippen LogP contribution in [0.3, 0.4) is 0 Å². The summed E-state index contributed by atoms with van der Waals surface area (Å²) in [6.07, 6.45) is 3.36. The number of aromatic nitrogens is 2. The molecule has 0 atom stereocenters. The van der Waals surface area contributed by atoms with E-state index >= 15 is 4.39 Å². The Hall–Kier alpha value is -2.83. The number of rotatable bonds is 2. The van der Waals surface area contributed by atoms with Crippen molar-refractivity contribution < 1.29 is 8.78 Å². The first-order valence-corrected chi connectivity index (χ1v) is 10.2. The molecule has 0 saturated carbocycles. The second-order valence-corrected chi connectivity index (χ2v) is 7.85. The molecule has 1 aliphatic heterocycles. The first kappa shape index (κ1) is 19.2. The molecule has 3 heterocycles. The number of halogens is 3. The number of hydrogen-bond donors (Lipinski definition) is 1. The summed E-state index contributed by atoms with van der Waals surface area (Å²) < 4.78 is 29.8. The maximum Gasteiger partial charge on any atom is 0.175 e. The predicted molar refractivity (Wildman–Crippen MR) is 117 cm³/mol. The number of benzene rings is 2. The minimum Gasteiger partial charge on any atom is -0.368 e. The predicted octanol–water partition coefficient (Wildman–Crippen LogP) is 5.10. The maximum atomic E-state index is 15.7. The monoisotopic (exact) mass is 424 g/mol. The van der Waals surface area contributed by atoms with E-state index in [4.69, 9.17) is 11.6 Å². The summed E-state index contributed by atoms with van der Waals surface area (Å²) in [5.74, 6) is -1.08. The number of anilines is 1. The third kappa shape index (κ3) is 2.99. The number of nitrogens with one attached hydrogen (secondary N) is 1. The second-order valence-electron chi connectivity index (χ2n) is 7.47. The van der Waals surface area contributed by atoms with Crippen molar-refractivity contribution in [2.75, 3.05) is 31.1 Å². The summed E-state index contributed by atoms with van der Waals surface area (Å²) in [7, 11) is 0. The van der Waals surface area contributed by atoms with Gasteiger partial charge in [0.15, 0.2) is 5.82 Å². The van der Waals surface area contributed by atoms with Gasteiger partial charge in [0.2, 0.25) is 0 Å². The lowest BCUT2D eigenvalue weighted by atomic mass is 10.00. The Morgan fingerprint density at radius 2 is 1.83 bits per heavy atom. The fraction of sp³-hybridized carbons (Fsp3) is 0.217. The summed E-state index contributed by atoms with van der Waals surface area (Å²) >= 11 is 6.25. The van der Waals surface area contributed by atoms with Crippen molar-refractivity contribution >= 4 is 39.0 Å². The van der Waals surface area contributed by atoms with E-state index in [0.717, 1.165) is 42.8 Å². The molecule has 5 rings (SSSR count). The summed E-state index contributed by atoms with van der Waals surface area (Å²) in [5.41, 5.74) is 2.75. The average molecular weight is 425 g/mol. The lowest BCUT2D eigenvalue weighted by molar-refractivity contribution is 0.589. The molecule has 0 amide bonds. The minimum absolute atomic E-state index is 0.0391. The Morgan fingerprint density at radius 3 is 2.63 bits per heavy atom. The molecule has 1 saturated heterocycles. The third-order valence-corrected chi connectivity index (χ3v) is 6.00. The first-order chi connectivity index (χ1) is 14.6. The van der Waals surface area contributed by atoms with E-state index in [0.29, 0.717) is 16.3 Å². The van der Waals surface area contributed by atoms with E-state index in [2.05, 4.69) is 20.2 Å². The quantitative estimate of drug-likeness (QED) is 0.486. The molecule has 0 spiro atoms. The lowest BCUT2D eigenvalue weighted by Gasteiger charge is -2.31. The SMILES string of the molecule is Cc1cnc2c(F)c(-c3cccc4ccc(F)c(Cl)c34)ncc2c1N1CCNCC1. The summed E-state index contributed by atoms with van der Waals surface area (Å²) in [6.45, 7) is 5.39. The van der Waals surface area contributed by atoms with Crippen LogP contribution in [0.1, 0.15) is 5.56 Å². The van der Waals surface area contributed by atoms with Crippen LogP contribution >= 0.6 is 11.6 Å². The van der Waals surface area contributed by atoms with Crippen LogP contribution < -0.4 is 10.2 Å². The maximum absolute atomic E-state index is 15.7. The molecule has 0 aliphatic carbocycles. The number of fused-ring (bicyclic) bond motifs is 2. The molecular weight excluding hydrogens is 406 g/mol. The van der Waals surface area contributed by atoms with Crippen LogP contribution in [0.4, 0.5) is 14.5 Å². The van der Waals surface area contributed by atoms with Gasteiger partial charge in [0.25, 0.3) is 0 Å². The lowest BCUT2D eigenvalue weighted by Crippen LogP contribution is -2.43. The van der Waals surface area contributed by atoms with Gasteiger partial charge in [-0.3, -0.25) is 9.97 Å². The molecular formula is C23H19ClF2N4. The number of pyridine rings is 2. The highest BCUT2D eigenvalue weighted by atomic mass is 35.5. The van der Waals surface area contributed by atoms with Gasteiger partial charge in [-0.05, 0) is 23.9 Å². The van der Waals surface area contributed by atoms with Gasteiger partial charge in [0, 0.05) is 54.9 Å². The summed E-state index contributed by atoms with van der Waals surface area (Å²) in [4.78, 5) is 11.1. The third-order valence-electron chi connectivity index (χ3n) is 5.63. The van der Waals surface area contributed by atoms with Gasteiger partial charge in [-0.25, -0.2) is 8.78 Å². The largest absolute Gasteiger partial charge is 0.368 e. The molecule has 1 N–H and O–H groups in total. The average Bonchev–Trinajstić information content (AvgIpc) is 2.77. The number of hydrogen-bond acceptors (Lipinski definition) is 4. The van der Waals surface area contributed by atoms with Crippen molar-refractivity contribution in [1.82, 2.24) is 15.3 Å². The molecule has 0 radical (unpaired) electrons. The second kappa shape index (κ2) is 7.45. The zero-order valence-corrected chi connectivity index (χ0v) is 17.1. The molecule has 0 bridgehead atoms. The Kier molecular flexibility index (Phi) is 4.76. The topological polar surface area (TPSA) is 41.1 Å². The highest BCUT2D eigenvalue weighted by Gasteiger charge is 2.22. The van der Waals surface area contributed by atoms with Crippen LogP contribution in [-0.4, -0.2) is 36.1 Å². The fourth-order valence-corrected chi connectivity index (χ4v) is 4.49. The van der Waals surface area contributed by atoms with Crippen LogP contribution in [0.25, 0.3) is 32.9 Å². The van der Waals surface area contributed by atoms with Crippen molar-refractivity contribution in [1.29, 1.82) is 0 Å². The number of nitrogens with zero attached hydrogens (tertiary/aromatic N) is 3. The summed E-state index contributed by atoms with van der Waals surface area (Å²) in [5, 5.41) is 5.13. The van der Waals surface area contributed by atoms with Gasteiger partial charge in [0.1, 0.15) is 17.0 Å². The summed E-state index contributed by atoms with van der Waals surface area (Å²) in [6, 6.07) is 8.24. The smallest absolute Gasteiger partial charge is 0.175 e. The van der Waals surface area contributed by atoms with E-state index in [1.165, 1.54) is 6.07 Å². The van der Waals surface area contributed by atoms with E-state index in [1.807, 2.05) is 13.0 Å².